The van der Waals surface area contributed by atoms with E-state index in [2.05, 4.69) is 44.2 Å². The number of aromatic hydroxyl groups is 1. The van der Waals surface area contributed by atoms with Crippen molar-refractivity contribution in [2.75, 3.05) is 6.61 Å². The van der Waals surface area contributed by atoms with Crippen molar-refractivity contribution < 1.29 is 9.84 Å². The highest BCUT2D eigenvalue weighted by atomic mass is 16.5. The fraction of sp³-hybridized carbons (Fsp3) is 0.500. The van der Waals surface area contributed by atoms with Crippen LogP contribution in [0.1, 0.15) is 63.5 Å². The predicted octanol–water partition coefficient (Wildman–Crippen LogP) is 6.31. The zero-order chi connectivity index (χ0) is 18.7. The third-order valence-electron chi connectivity index (χ3n) is 4.80. The molecule has 0 aliphatic carbocycles. The topological polar surface area (TPSA) is 29.5 Å². The highest BCUT2D eigenvalue weighted by molar-refractivity contribution is 5.32. The molecule has 0 saturated carbocycles. The van der Waals surface area contributed by atoms with Gasteiger partial charge in [0.25, 0.3) is 0 Å². The first kappa shape index (κ1) is 20.5. The molecule has 0 bridgehead atoms. The van der Waals surface area contributed by atoms with Gasteiger partial charge < -0.3 is 9.84 Å². The van der Waals surface area contributed by atoms with Crippen LogP contribution in [0.3, 0.4) is 0 Å². The molecule has 0 saturated heterocycles. The van der Waals surface area contributed by atoms with Gasteiger partial charge in [0.1, 0.15) is 5.75 Å². The average Bonchev–Trinajstić information content (AvgIpc) is 2.63. The molecule has 0 unspecified atom stereocenters. The van der Waals surface area contributed by atoms with Gasteiger partial charge in [0, 0.05) is 13.0 Å². The second-order valence-corrected chi connectivity index (χ2v) is 7.77. The van der Waals surface area contributed by atoms with Crippen LogP contribution in [-0.4, -0.2) is 17.3 Å². The Balaban J connectivity index is 1.50. The van der Waals surface area contributed by atoms with Gasteiger partial charge in [-0.3, -0.25) is 0 Å². The Morgan fingerprint density at radius 2 is 1.38 bits per heavy atom. The number of rotatable bonds is 12. The Labute approximate surface area is 159 Å². The van der Waals surface area contributed by atoms with E-state index in [1.54, 1.807) is 6.07 Å². The maximum Gasteiger partial charge on any atom is 0.118 e. The zero-order valence-electron chi connectivity index (χ0n) is 16.4. The summed E-state index contributed by atoms with van der Waals surface area (Å²) in [5.74, 6) is 0.361. The van der Waals surface area contributed by atoms with E-state index < -0.39 is 0 Å². The Hall–Kier alpha value is -1.80. The van der Waals surface area contributed by atoms with Crippen molar-refractivity contribution in [3.8, 4) is 5.75 Å². The van der Waals surface area contributed by atoms with E-state index in [1.165, 1.54) is 44.1 Å². The third-order valence-corrected chi connectivity index (χ3v) is 4.80. The molecule has 1 N–H and O–H groups in total. The Morgan fingerprint density at radius 3 is 2.12 bits per heavy atom. The molecule has 2 aromatic rings. The molecule has 142 valence electrons. The lowest BCUT2D eigenvalue weighted by atomic mass is 9.97. The zero-order valence-corrected chi connectivity index (χ0v) is 16.4. The molecule has 2 aromatic carbocycles. The van der Waals surface area contributed by atoms with Gasteiger partial charge in [0.15, 0.2) is 0 Å². The average molecular weight is 355 g/mol. The molecular weight excluding hydrogens is 320 g/mol. The van der Waals surface area contributed by atoms with E-state index in [4.69, 9.17) is 4.74 Å². The van der Waals surface area contributed by atoms with Crippen molar-refractivity contribution in [1.29, 1.82) is 0 Å². The molecule has 0 radical (unpaired) electrons. The Kier molecular flexibility index (Phi) is 8.70. The first-order valence-corrected chi connectivity index (χ1v) is 10.0. The van der Waals surface area contributed by atoms with E-state index >= 15 is 0 Å². The van der Waals surface area contributed by atoms with Crippen molar-refractivity contribution in [3.05, 3.63) is 65.7 Å². The van der Waals surface area contributed by atoms with E-state index in [9.17, 15) is 5.11 Å². The van der Waals surface area contributed by atoms with Crippen LogP contribution in [0.2, 0.25) is 0 Å². The van der Waals surface area contributed by atoms with E-state index in [0.29, 0.717) is 5.75 Å². The lowest BCUT2D eigenvalue weighted by Gasteiger charge is -2.26. The fourth-order valence-corrected chi connectivity index (χ4v) is 3.30. The van der Waals surface area contributed by atoms with Crippen molar-refractivity contribution in [3.63, 3.8) is 0 Å². The normalized spacial score (nSPS) is 11.6. The molecule has 0 aromatic heterocycles. The summed E-state index contributed by atoms with van der Waals surface area (Å²) in [5.41, 5.74) is 2.16. The minimum Gasteiger partial charge on any atom is -0.508 e. The van der Waals surface area contributed by atoms with Crippen LogP contribution in [0.25, 0.3) is 0 Å². The summed E-state index contributed by atoms with van der Waals surface area (Å²) in [6.45, 7) is 5.00. The van der Waals surface area contributed by atoms with Crippen LogP contribution in [0, 0.1) is 0 Å². The second-order valence-electron chi connectivity index (χ2n) is 7.77. The van der Waals surface area contributed by atoms with Crippen LogP contribution >= 0.6 is 0 Å². The lowest BCUT2D eigenvalue weighted by Crippen LogP contribution is -2.28. The highest BCUT2D eigenvalue weighted by Crippen LogP contribution is 2.24. The largest absolute Gasteiger partial charge is 0.508 e. The highest BCUT2D eigenvalue weighted by Gasteiger charge is 2.20. The SMILES string of the molecule is CC(C)(Cc1ccccc1O)OCCCCCCCCc1ccccc1. The first-order chi connectivity index (χ1) is 12.6. The quantitative estimate of drug-likeness (QED) is 0.452. The molecular formula is C24H34O2. The van der Waals surface area contributed by atoms with Crippen LogP contribution in [-0.2, 0) is 17.6 Å². The van der Waals surface area contributed by atoms with Gasteiger partial charge in [0.05, 0.1) is 5.60 Å². The lowest BCUT2D eigenvalue weighted by molar-refractivity contribution is -0.0190. The smallest absolute Gasteiger partial charge is 0.118 e. The van der Waals surface area contributed by atoms with Crippen molar-refractivity contribution in [2.45, 2.75) is 70.8 Å². The standard InChI is InChI=1S/C24H34O2/c1-24(2,20-22-17-11-12-18-23(22)25)26-19-13-6-4-3-5-8-14-21-15-9-7-10-16-21/h7,9-12,15-18,25H,3-6,8,13-14,19-20H2,1-2H3. The molecule has 0 aliphatic rings. The summed E-state index contributed by atoms with van der Waals surface area (Å²) in [4.78, 5) is 0. The van der Waals surface area contributed by atoms with E-state index in [-0.39, 0.29) is 5.60 Å². The van der Waals surface area contributed by atoms with Crippen molar-refractivity contribution in [2.24, 2.45) is 0 Å². The van der Waals surface area contributed by atoms with E-state index in [1.807, 2.05) is 18.2 Å². The second kappa shape index (κ2) is 11.0. The fourth-order valence-electron chi connectivity index (χ4n) is 3.30. The van der Waals surface area contributed by atoms with Gasteiger partial charge in [-0.05, 0) is 50.3 Å². The van der Waals surface area contributed by atoms with Gasteiger partial charge in [0.2, 0.25) is 0 Å². The summed E-state index contributed by atoms with van der Waals surface area (Å²) >= 11 is 0. The summed E-state index contributed by atoms with van der Waals surface area (Å²) < 4.78 is 6.06. The maximum absolute atomic E-state index is 9.90. The van der Waals surface area contributed by atoms with Crippen LogP contribution in [0.4, 0.5) is 0 Å². The predicted molar refractivity (Wildman–Crippen MR) is 110 cm³/mol. The number of aryl methyl sites for hydroxylation is 1. The molecule has 0 spiro atoms. The van der Waals surface area contributed by atoms with Gasteiger partial charge in [-0.2, -0.15) is 0 Å². The van der Waals surface area contributed by atoms with Crippen LogP contribution in [0.15, 0.2) is 54.6 Å². The Morgan fingerprint density at radius 1 is 0.769 bits per heavy atom. The minimum atomic E-state index is -0.242. The molecule has 0 heterocycles. The van der Waals surface area contributed by atoms with Crippen molar-refractivity contribution >= 4 is 0 Å². The number of phenolic OH excluding ortho intramolecular Hbond substituents is 1. The van der Waals surface area contributed by atoms with Gasteiger partial charge in [-0.1, -0.05) is 74.2 Å². The number of benzene rings is 2. The summed E-state index contributed by atoms with van der Waals surface area (Å²) in [5, 5.41) is 9.90. The number of hydrogen-bond acceptors (Lipinski definition) is 2. The molecule has 2 nitrogen and oxygen atoms in total. The molecule has 0 atom stereocenters. The molecule has 0 fully saturated rings. The summed E-state index contributed by atoms with van der Waals surface area (Å²) in [6.07, 6.45) is 9.49. The number of phenols is 1. The van der Waals surface area contributed by atoms with Crippen LogP contribution < -0.4 is 0 Å². The number of para-hydroxylation sites is 1. The van der Waals surface area contributed by atoms with Crippen molar-refractivity contribution in [1.82, 2.24) is 0 Å². The summed E-state index contributed by atoms with van der Waals surface area (Å²) in [6, 6.07) is 18.3. The van der Waals surface area contributed by atoms with Gasteiger partial charge >= 0.3 is 0 Å². The van der Waals surface area contributed by atoms with Crippen LogP contribution in [0.5, 0.6) is 5.75 Å². The van der Waals surface area contributed by atoms with Gasteiger partial charge in [-0.25, -0.2) is 0 Å². The van der Waals surface area contributed by atoms with E-state index in [0.717, 1.165) is 25.0 Å². The third kappa shape index (κ3) is 8.05. The number of hydrogen-bond donors (Lipinski definition) is 1. The maximum atomic E-state index is 9.90. The first-order valence-electron chi connectivity index (χ1n) is 10.0. The molecule has 0 amide bonds. The number of unbranched alkanes of at least 4 members (excludes halogenated alkanes) is 5. The molecule has 2 heteroatoms. The Bertz CT molecular complexity index is 619. The minimum absolute atomic E-state index is 0.242. The summed E-state index contributed by atoms with van der Waals surface area (Å²) in [7, 11) is 0. The molecule has 0 aliphatic heterocycles. The molecule has 2 rings (SSSR count). The number of ether oxygens (including phenoxy) is 1. The monoisotopic (exact) mass is 354 g/mol. The molecule has 26 heavy (non-hydrogen) atoms. The van der Waals surface area contributed by atoms with Gasteiger partial charge in [-0.15, -0.1) is 0 Å².